The summed E-state index contributed by atoms with van der Waals surface area (Å²) in [7, 11) is 1.17. The van der Waals surface area contributed by atoms with Gasteiger partial charge in [-0.05, 0) is 17.7 Å². The molecule has 0 aliphatic rings. The topological polar surface area (TPSA) is 55.4 Å². The summed E-state index contributed by atoms with van der Waals surface area (Å²) in [6.07, 6.45) is 4.87. The molecule has 0 radical (unpaired) electrons. The maximum Gasteiger partial charge on any atom is 0.329 e. The molecule has 4 nitrogen and oxygen atoms in total. The third-order valence-corrected chi connectivity index (χ3v) is 2.49. The zero-order valence-electron chi connectivity index (χ0n) is 10.8. The largest absolute Gasteiger partial charge is 0.467 e. The number of rotatable bonds is 5. The lowest BCUT2D eigenvalue weighted by atomic mass is 10.1. The molecule has 0 spiro atoms. The van der Waals surface area contributed by atoms with Crippen molar-refractivity contribution in [3.63, 3.8) is 0 Å². The standard InChI is InChI=1S/C14H13F2NO3/c1-3-4-12(14(19)20-2)17-13(18)8-9-5-6-10(15)11(16)7-9/h1,5-7,12H,4,8H2,2H3,(H,17,18)/t12-/m0/s1. The molecule has 0 aliphatic carbocycles. The predicted octanol–water partition coefficient (Wildman–Crippen LogP) is 1.19. The number of amides is 1. The van der Waals surface area contributed by atoms with E-state index in [-0.39, 0.29) is 18.4 Å². The number of benzene rings is 1. The van der Waals surface area contributed by atoms with Gasteiger partial charge in [0.25, 0.3) is 0 Å². The van der Waals surface area contributed by atoms with Crippen LogP contribution in [0.2, 0.25) is 0 Å². The van der Waals surface area contributed by atoms with E-state index < -0.39 is 29.6 Å². The van der Waals surface area contributed by atoms with E-state index in [1.54, 1.807) is 0 Å². The van der Waals surface area contributed by atoms with Crippen LogP contribution < -0.4 is 5.32 Å². The smallest absolute Gasteiger partial charge is 0.329 e. The molecule has 0 bridgehead atoms. The Morgan fingerprint density at radius 2 is 2.10 bits per heavy atom. The van der Waals surface area contributed by atoms with E-state index in [0.29, 0.717) is 0 Å². The molecule has 6 heteroatoms. The maximum absolute atomic E-state index is 13.0. The van der Waals surface area contributed by atoms with Crippen molar-refractivity contribution in [2.45, 2.75) is 18.9 Å². The highest BCUT2D eigenvalue weighted by molar-refractivity contribution is 5.85. The Hall–Kier alpha value is -2.42. The van der Waals surface area contributed by atoms with Crippen molar-refractivity contribution in [2.75, 3.05) is 7.11 Å². The Balaban J connectivity index is 2.68. The van der Waals surface area contributed by atoms with E-state index in [1.807, 2.05) is 0 Å². The van der Waals surface area contributed by atoms with Gasteiger partial charge in [-0.15, -0.1) is 12.3 Å². The van der Waals surface area contributed by atoms with Gasteiger partial charge in [-0.25, -0.2) is 13.6 Å². The summed E-state index contributed by atoms with van der Waals surface area (Å²) in [6, 6.07) is 2.18. The highest BCUT2D eigenvalue weighted by atomic mass is 19.2. The minimum Gasteiger partial charge on any atom is -0.467 e. The second kappa shape index (κ2) is 7.24. The van der Waals surface area contributed by atoms with Crippen LogP contribution in [0.4, 0.5) is 8.78 Å². The second-order valence-corrected chi connectivity index (χ2v) is 3.98. The molecule has 1 rings (SSSR count). The lowest BCUT2D eigenvalue weighted by Gasteiger charge is -2.14. The van der Waals surface area contributed by atoms with Crippen LogP contribution in [0, 0.1) is 24.0 Å². The summed E-state index contributed by atoms with van der Waals surface area (Å²) < 4.78 is 30.2. The van der Waals surface area contributed by atoms with E-state index in [9.17, 15) is 18.4 Å². The second-order valence-electron chi connectivity index (χ2n) is 3.98. The number of carbonyl (C=O) groups is 2. The van der Waals surface area contributed by atoms with E-state index in [4.69, 9.17) is 6.42 Å². The molecule has 0 fully saturated rings. The van der Waals surface area contributed by atoms with Crippen LogP contribution in [0.25, 0.3) is 0 Å². The lowest BCUT2D eigenvalue weighted by Crippen LogP contribution is -2.42. The van der Waals surface area contributed by atoms with Gasteiger partial charge in [-0.1, -0.05) is 6.07 Å². The minimum absolute atomic E-state index is 0.0177. The monoisotopic (exact) mass is 281 g/mol. The molecular formula is C14H13F2NO3. The van der Waals surface area contributed by atoms with Gasteiger partial charge < -0.3 is 10.1 Å². The Morgan fingerprint density at radius 1 is 1.40 bits per heavy atom. The van der Waals surface area contributed by atoms with Crippen molar-refractivity contribution < 1.29 is 23.1 Å². The number of ether oxygens (including phenoxy) is 1. The molecule has 0 aliphatic heterocycles. The fraction of sp³-hybridized carbons (Fsp3) is 0.286. The van der Waals surface area contributed by atoms with Gasteiger partial charge in [0.2, 0.25) is 5.91 Å². The first-order chi connectivity index (χ1) is 9.47. The number of halogens is 2. The molecule has 20 heavy (non-hydrogen) atoms. The average molecular weight is 281 g/mol. The zero-order chi connectivity index (χ0) is 15.1. The van der Waals surface area contributed by atoms with Crippen molar-refractivity contribution >= 4 is 11.9 Å². The van der Waals surface area contributed by atoms with Crippen LogP contribution in [0.5, 0.6) is 0 Å². The molecule has 0 aromatic heterocycles. The Morgan fingerprint density at radius 3 is 2.65 bits per heavy atom. The molecule has 1 aromatic carbocycles. The maximum atomic E-state index is 13.0. The Kier molecular flexibility index (Phi) is 5.66. The van der Waals surface area contributed by atoms with Crippen LogP contribution in [-0.2, 0) is 20.7 Å². The van der Waals surface area contributed by atoms with Crippen LogP contribution in [-0.4, -0.2) is 25.0 Å². The van der Waals surface area contributed by atoms with Crippen molar-refractivity contribution in [3.8, 4) is 12.3 Å². The first kappa shape index (κ1) is 15.6. The number of carbonyl (C=O) groups excluding carboxylic acids is 2. The minimum atomic E-state index is -1.04. The van der Waals surface area contributed by atoms with Crippen LogP contribution in [0.15, 0.2) is 18.2 Å². The first-order valence-electron chi connectivity index (χ1n) is 5.72. The number of terminal acetylenes is 1. The van der Waals surface area contributed by atoms with Crippen molar-refractivity contribution in [1.29, 1.82) is 0 Å². The molecular weight excluding hydrogens is 268 g/mol. The third kappa shape index (κ3) is 4.35. The number of hydrogen-bond acceptors (Lipinski definition) is 3. The quantitative estimate of drug-likeness (QED) is 0.651. The van der Waals surface area contributed by atoms with Gasteiger partial charge in [0.1, 0.15) is 6.04 Å². The Bertz CT molecular complexity index is 552. The molecule has 1 atom stereocenters. The van der Waals surface area contributed by atoms with Crippen LogP contribution in [0.3, 0.4) is 0 Å². The van der Waals surface area contributed by atoms with E-state index in [2.05, 4.69) is 16.0 Å². The van der Waals surface area contributed by atoms with E-state index in [0.717, 1.165) is 12.1 Å². The number of methoxy groups -OCH3 is 1. The molecule has 0 unspecified atom stereocenters. The highest BCUT2D eigenvalue weighted by Crippen LogP contribution is 2.09. The van der Waals surface area contributed by atoms with Crippen molar-refractivity contribution in [1.82, 2.24) is 5.32 Å². The van der Waals surface area contributed by atoms with E-state index in [1.165, 1.54) is 13.2 Å². The third-order valence-electron chi connectivity index (χ3n) is 2.49. The predicted molar refractivity (Wildman–Crippen MR) is 67.5 cm³/mol. The number of esters is 1. The summed E-state index contributed by atoms with van der Waals surface area (Å²) in [4.78, 5) is 23.1. The fourth-order valence-electron chi connectivity index (χ4n) is 1.53. The van der Waals surface area contributed by atoms with Gasteiger partial charge in [-0.2, -0.15) is 0 Å². The number of nitrogens with one attached hydrogen (secondary N) is 1. The van der Waals surface area contributed by atoms with Crippen molar-refractivity contribution in [3.05, 3.63) is 35.4 Å². The van der Waals surface area contributed by atoms with E-state index >= 15 is 0 Å². The Labute approximate surface area is 115 Å². The molecule has 1 N–H and O–H groups in total. The summed E-state index contributed by atoms with van der Waals surface area (Å²) in [6.45, 7) is 0. The number of hydrogen-bond donors (Lipinski definition) is 1. The summed E-state index contributed by atoms with van der Waals surface area (Å²) in [5.74, 6) is -0.992. The molecule has 1 amide bonds. The fourth-order valence-corrected chi connectivity index (χ4v) is 1.53. The van der Waals surface area contributed by atoms with Crippen molar-refractivity contribution in [2.24, 2.45) is 0 Å². The van der Waals surface area contributed by atoms with Gasteiger partial charge in [-0.3, -0.25) is 4.79 Å². The molecule has 1 aromatic rings. The summed E-state index contributed by atoms with van der Waals surface area (Å²) in [5, 5.41) is 2.38. The summed E-state index contributed by atoms with van der Waals surface area (Å²) in [5.41, 5.74) is 0.283. The normalized spacial score (nSPS) is 11.3. The van der Waals surface area contributed by atoms with Gasteiger partial charge in [0.15, 0.2) is 11.6 Å². The highest BCUT2D eigenvalue weighted by Gasteiger charge is 2.20. The van der Waals surface area contributed by atoms with Gasteiger partial charge >= 0.3 is 5.97 Å². The summed E-state index contributed by atoms with van der Waals surface area (Å²) >= 11 is 0. The SMILES string of the molecule is C#CC[C@H](NC(=O)Cc1ccc(F)c(F)c1)C(=O)OC. The molecule has 0 saturated carbocycles. The molecule has 0 saturated heterocycles. The first-order valence-corrected chi connectivity index (χ1v) is 5.72. The zero-order valence-corrected chi connectivity index (χ0v) is 10.8. The van der Waals surface area contributed by atoms with Crippen LogP contribution >= 0.6 is 0 Å². The van der Waals surface area contributed by atoms with Crippen LogP contribution in [0.1, 0.15) is 12.0 Å². The molecule has 0 heterocycles. The van der Waals surface area contributed by atoms with Gasteiger partial charge in [0.05, 0.1) is 13.5 Å². The lowest BCUT2D eigenvalue weighted by molar-refractivity contribution is -0.144. The average Bonchev–Trinajstić information content (AvgIpc) is 2.41. The molecule has 106 valence electrons. The van der Waals surface area contributed by atoms with Gasteiger partial charge in [0, 0.05) is 6.42 Å².